The van der Waals surface area contributed by atoms with Crippen LogP contribution in [-0.2, 0) is 6.42 Å². The Hall–Kier alpha value is -1.90. The van der Waals surface area contributed by atoms with Crippen molar-refractivity contribution in [2.45, 2.75) is 33.6 Å². The van der Waals surface area contributed by atoms with Gasteiger partial charge in [0.05, 0.1) is 0 Å². The summed E-state index contributed by atoms with van der Waals surface area (Å²) < 4.78 is 4.92. The van der Waals surface area contributed by atoms with Crippen LogP contribution < -0.4 is 0 Å². The van der Waals surface area contributed by atoms with Crippen LogP contribution in [-0.4, -0.2) is 10.3 Å². The predicted molar refractivity (Wildman–Crippen MR) is 79.9 cm³/mol. The molecule has 0 radical (unpaired) electrons. The quantitative estimate of drug-likeness (QED) is 0.777. The van der Waals surface area contributed by atoms with Crippen molar-refractivity contribution in [1.82, 2.24) is 10.3 Å². The van der Waals surface area contributed by atoms with Crippen molar-refractivity contribution in [2.24, 2.45) is 11.3 Å². The van der Waals surface area contributed by atoms with Gasteiger partial charge in [-0.3, -0.25) is 0 Å². The van der Waals surface area contributed by atoms with Gasteiger partial charge < -0.3 is 0 Å². The summed E-state index contributed by atoms with van der Waals surface area (Å²) in [4.78, 5) is 0. The van der Waals surface area contributed by atoms with E-state index in [1.54, 1.807) is 0 Å². The first-order chi connectivity index (χ1) is 9.54. The minimum atomic E-state index is 0.231. The molecule has 1 aromatic carbocycles. The number of fused-ring (bicyclic) bond motifs is 1. The van der Waals surface area contributed by atoms with Crippen LogP contribution in [0, 0.1) is 11.3 Å². The van der Waals surface area contributed by atoms with Crippen LogP contribution in [0.25, 0.3) is 11.6 Å². The maximum absolute atomic E-state index is 4.92. The molecule has 0 saturated heterocycles. The van der Waals surface area contributed by atoms with Crippen molar-refractivity contribution in [2.75, 3.05) is 0 Å². The number of hydrogen-bond acceptors (Lipinski definition) is 3. The third-order valence-electron chi connectivity index (χ3n) is 4.17. The topological polar surface area (TPSA) is 38.9 Å². The van der Waals surface area contributed by atoms with Gasteiger partial charge in [-0.15, -0.1) is 0 Å². The highest BCUT2D eigenvalue weighted by Crippen LogP contribution is 2.39. The summed E-state index contributed by atoms with van der Waals surface area (Å²) in [5, 5.41) is 8.12. The highest BCUT2D eigenvalue weighted by molar-refractivity contribution is 5.81. The minimum Gasteiger partial charge on any atom is -0.244 e. The van der Waals surface area contributed by atoms with Crippen LogP contribution in [0.5, 0.6) is 0 Å². The second kappa shape index (κ2) is 4.89. The molecule has 2 aromatic rings. The largest absolute Gasteiger partial charge is 0.244 e. The molecule has 20 heavy (non-hydrogen) atoms. The van der Waals surface area contributed by atoms with E-state index in [9.17, 15) is 0 Å². The van der Waals surface area contributed by atoms with Gasteiger partial charge in [0, 0.05) is 0 Å². The van der Waals surface area contributed by atoms with Crippen molar-refractivity contribution in [3.63, 3.8) is 0 Å². The molecule has 1 aromatic heterocycles. The lowest BCUT2D eigenvalue weighted by molar-refractivity contribution is 0.236. The molecule has 3 rings (SSSR count). The molecule has 1 aliphatic carbocycles. The van der Waals surface area contributed by atoms with Crippen molar-refractivity contribution < 1.29 is 4.63 Å². The van der Waals surface area contributed by atoms with Crippen molar-refractivity contribution in [3.8, 4) is 0 Å². The Kier molecular flexibility index (Phi) is 3.20. The second-order valence-electron chi connectivity index (χ2n) is 6.60. The fourth-order valence-electron chi connectivity index (χ4n) is 2.73. The zero-order valence-corrected chi connectivity index (χ0v) is 12.3. The molecule has 1 unspecified atom stereocenters. The Morgan fingerprint density at radius 2 is 1.80 bits per heavy atom. The van der Waals surface area contributed by atoms with Crippen LogP contribution in [0.15, 0.2) is 35.0 Å². The molecule has 104 valence electrons. The van der Waals surface area contributed by atoms with E-state index in [-0.39, 0.29) is 5.41 Å². The lowest BCUT2D eigenvalue weighted by Gasteiger charge is -2.30. The Balaban J connectivity index is 2.05. The van der Waals surface area contributed by atoms with Crippen LogP contribution in [0.4, 0.5) is 0 Å². The molecule has 1 heterocycles. The fraction of sp³-hybridized carbons (Fsp3) is 0.412. The summed E-state index contributed by atoms with van der Waals surface area (Å²) >= 11 is 0. The molecule has 0 bridgehead atoms. The fourth-order valence-corrected chi connectivity index (χ4v) is 2.73. The van der Waals surface area contributed by atoms with E-state index in [2.05, 4.69) is 61.4 Å². The minimum absolute atomic E-state index is 0.231. The highest BCUT2D eigenvalue weighted by Gasteiger charge is 2.30. The van der Waals surface area contributed by atoms with E-state index >= 15 is 0 Å². The van der Waals surface area contributed by atoms with Gasteiger partial charge in [-0.2, -0.15) is 0 Å². The number of benzene rings is 1. The Bertz CT molecular complexity index is 620. The molecule has 1 atom stereocenters. The average molecular weight is 268 g/mol. The van der Waals surface area contributed by atoms with Gasteiger partial charge in [-0.1, -0.05) is 61.4 Å². The standard InChI is InChI=1S/C17H20N2O/c1-17(2,3)14-9-13(12-7-5-4-6-8-12)10-15-16(11-14)19-20-18-15/h4-8,10,14H,9,11H2,1-3H3. The molecule has 3 heteroatoms. The number of hydrogen-bond donors (Lipinski definition) is 0. The van der Waals surface area contributed by atoms with Gasteiger partial charge >= 0.3 is 0 Å². The number of aromatic nitrogens is 2. The van der Waals surface area contributed by atoms with Gasteiger partial charge in [0.25, 0.3) is 0 Å². The summed E-state index contributed by atoms with van der Waals surface area (Å²) in [5.41, 5.74) is 4.68. The van der Waals surface area contributed by atoms with Crippen molar-refractivity contribution in [3.05, 3.63) is 47.3 Å². The number of rotatable bonds is 1. The SMILES string of the molecule is CC(C)(C)C1CC(c2ccccc2)=Cc2nonc2C1. The van der Waals surface area contributed by atoms with Gasteiger partial charge in [0.15, 0.2) is 0 Å². The first-order valence-corrected chi connectivity index (χ1v) is 7.11. The maximum Gasteiger partial charge on any atom is 0.131 e. The second-order valence-corrected chi connectivity index (χ2v) is 6.60. The summed E-state index contributed by atoms with van der Waals surface area (Å²) in [7, 11) is 0. The third kappa shape index (κ3) is 2.53. The molecular weight excluding hydrogens is 248 g/mol. The van der Waals surface area contributed by atoms with Crippen molar-refractivity contribution >= 4 is 11.6 Å². The molecule has 0 saturated carbocycles. The zero-order chi connectivity index (χ0) is 14.2. The normalized spacial score (nSPS) is 19.1. The average Bonchev–Trinajstić information content (AvgIpc) is 2.76. The summed E-state index contributed by atoms with van der Waals surface area (Å²) in [6.07, 6.45) is 4.10. The Morgan fingerprint density at radius 3 is 2.50 bits per heavy atom. The predicted octanol–water partition coefficient (Wildman–Crippen LogP) is 4.22. The van der Waals surface area contributed by atoms with Crippen LogP contribution in [0.2, 0.25) is 0 Å². The molecule has 0 aliphatic heterocycles. The Labute approximate surface area is 119 Å². The van der Waals surface area contributed by atoms with Gasteiger partial charge in [0.2, 0.25) is 0 Å². The van der Waals surface area contributed by atoms with Crippen LogP contribution in [0.1, 0.15) is 44.1 Å². The summed E-state index contributed by atoms with van der Waals surface area (Å²) in [5.74, 6) is 0.530. The van der Waals surface area contributed by atoms with E-state index in [1.165, 1.54) is 11.1 Å². The molecule has 3 nitrogen and oxygen atoms in total. The first kappa shape index (κ1) is 13.1. The van der Waals surface area contributed by atoms with Gasteiger partial charge in [-0.25, -0.2) is 4.63 Å². The Morgan fingerprint density at radius 1 is 1.05 bits per heavy atom. The van der Waals surface area contributed by atoms with Gasteiger partial charge in [0.1, 0.15) is 11.4 Å². The molecule has 0 fully saturated rings. The smallest absolute Gasteiger partial charge is 0.131 e. The molecular formula is C17H20N2O. The van der Waals surface area contributed by atoms with E-state index < -0.39 is 0 Å². The molecule has 0 amide bonds. The van der Waals surface area contributed by atoms with E-state index in [1.807, 2.05) is 6.07 Å². The van der Waals surface area contributed by atoms with E-state index in [4.69, 9.17) is 4.63 Å². The molecule has 0 N–H and O–H groups in total. The van der Waals surface area contributed by atoms with Crippen molar-refractivity contribution in [1.29, 1.82) is 0 Å². The maximum atomic E-state index is 4.92. The lowest BCUT2D eigenvalue weighted by atomic mass is 9.75. The van der Waals surface area contributed by atoms with Crippen LogP contribution in [0.3, 0.4) is 0 Å². The van der Waals surface area contributed by atoms with E-state index in [0.717, 1.165) is 24.2 Å². The summed E-state index contributed by atoms with van der Waals surface area (Å²) in [6.45, 7) is 6.87. The zero-order valence-electron chi connectivity index (χ0n) is 12.3. The number of nitrogens with zero attached hydrogens (tertiary/aromatic N) is 2. The van der Waals surface area contributed by atoms with Gasteiger partial charge in [-0.05, 0) is 41.4 Å². The first-order valence-electron chi connectivity index (χ1n) is 7.11. The third-order valence-corrected chi connectivity index (χ3v) is 4.17. The monoisotopic (exact) mass is 268 g/mol. The summed E-state index contributed by atoms with van der Waals surface area (Å²) in [6, 6.07) is 10.5. The van der Waals surface area contributed by atoms with E-state index in [0.29, 0.717) is 5.92 Å². The lowest BCUT2D eigenvalue weighted by Crippen LogP contribution is -2.22. The highest BCUT2D eigenvalue weighted by atomic mass is 16.6. The number of allylic oxidation sites excluding steroid dienone is 1. The molecule has 0 spiro atoms. The van der Waals surface area contributed by atoms with Crippen LogP contribution >= 0.6 is 0 Å². The molecule has 1 aliphatic rings.